The van der Waals surface area contributed by atoms with Gasteiger partial charge in [-0.25, -0.2) is 0 Å². The Morgan fingerprint density at radius 2 is 1.80 bits per heavy atom. The van der Waals surface area contributed by atoms with Gasteiger partial charge in [-0.15, -0.1) is 0 Å². The molecule has 0 amide bonds. The number of nitrogens with one attached hydrogen (secondary N) is 1. The first-order chi connectivity index (χ1) is 7.09. The molecule has 0 aliphatic heterocycles. The number of hydrogen-bond donors (Lipinski definition) is 3. The molecule has 0 aliphatic carbocycles. The average molecular weight is 209 g/mol. The van der Waals surface area contributed by atoms with E-state index in [9.17, 15) is 5.11 Å². The van der Waals surface area contributed by atoms with Crippen molar-refractivity contribution in [1.29, 1.82) is 0 Å². The monoisotopic (exact) mass is 209 g/mol. The molecular weight excluding hydrogens is 190 g/mol. The molecule has 15 heavy (non-hydrogen) atoms. The van der Waals surface area contributed by atoms with Crippen LogP contribution in [0.4, 0.5) is 0 Å². The van der Waals surface area contributed by atoms with Crippen LogP contribution in [0.1, 0.15) is 19.4 Å². The van der Waals surface area contributed by atoms with Crippen LogP contribution in [0.2, 0.25) is 0 Å². The Kier molecular flexibility index (Phi) is 4.59. The molecule has 0 radical (unpaired) electrons. The summed E-state index contributed by atoms with van der Waals surface area (Å²) in [6.07, 6.45) is -0.304. The van der Waals surface area contributed by atoms with E-state index >= 15 is 0 Å². The Labute approximate surface area is 90.8 Å². The van der Waals surface area contributed by atoms with Crippen molar-refractivity contribution >= 4 is 0 Å². The molecule has 0 spiro atoms. The maximum Gasteiger partial charge on any atom is 0.115 e. The maximum absolute atomic E-state index is 9.55. The van der Waals surface area contributed by atoms with Crippen molar-refractivity contribution in [2.24, 2.45) is 5.92 Å². The maximum atomic E-state index is 9.55. The normalized spacial score (nSPS) is 13.1. The quantitative estimate of drug-likeness (QED) is 0.689. The van der Waals surface area contributed by atoms with Gasteiger partial charge in [-0.05, 0) is 23.6 Å². The number of aliphatic hydroxyl groups excluding tert-OH is 1. The highest BCUT2D eigenvalue weighted by Crippen LogP contribution is 2.09. The largest absolute Gasteiger partial charge is 0.508 e. The smallest absolute Gasteiger partial charge is 0.115 e. The minimum Gasteiger partial charge on any atom is -0.508 e. The molecule has 1 aromatic rings. The van der Waals surface area contributed by atoms with Gasteiger partial charge in [0.05, 0.1) is 6.10 Å². The zero-order valence-electron chi connectivity index (χ0n) is 9.27. The lowest BCUT2D eigenvalue weighted by atomic mass is 10.1. The van der Waals surface area contributed by atoms with Crippen molar-refractivity contribution in [3.63, 3.8) is 0 Å². The van der Waals surface area contributed by atoms with Crippen LogP contribution in [0.15, 0.2) is 24.3 Å². The Hall–Kier alpha value is -1.06. The van der Waals surface area contributed by atoms with Gasteiger partial charge in [0.15, 0.2) is 0 Å². The standard InChI is InChI=1S/C12H19NO2/c1-9(2)12(15)8-13-7-10-3-5-11(14)6-4-10/h3-6,9,12-15H,7-8H2,1-2H3. The first kappa shape index (κ1) is 12.0. The average Bonchev–Trinajstić information content (AvgIpc) is 2.20. The summed E-state index contributed by atoms with van der Waals surface area (Å²) in [6.45, 7) is 5.29. The fourth-order valence-electron chi connectivity index (χ4n) is 1.21. The van der Waals surface area contributed by atoms with E-state index in [2.05, 4.69) is 5.32 Å². The molecule has 1 atom stereocenters. The van der Waals surface area contributed by atoms with Crippen molar-refractivity contribution in [3.05, 3.63) is 29.8 Å². The van der Waals surface area contributed by atoms with E-state index in [4.69, 9.17) is 5.11 Å². The molecule has 0 saturated carbocycles. The minimum absolute atomic E-state index is 0.275. The van der Waals surface area contributed by atoms with E-state index in [-0.39, 0.29) is 17.8 Å². The van der Waals surface area contributed by atoms with Gasteiger partial charge in [0.25, 0.3) is 0 Å². The van der Waals surface area contributed by atoms with Gasteiger partial charge in [0.2, 0.25) is 0 Å². The molecule has 3 N–H and O–H groups in total. The zero-order chi connectivity index (χ0) is 11.3. The first-order valence-electron chi connectivity index (χ1n) is 5.26. The molecule has 0 fully saturated rings. The molecule has 0 bridgehead atoms. The van der Waals surface area contributed by atoms with Gasteiger partial charge in [-0.2, -0.15) is 0 Å². The van der Waals surface area contributed by atoms with E-state index in [0.29, 0.717) is 13.1 Å². The van der Waals surface area contributed by atoms with Gasteiger partial charge in [0, 0.05) is 13.1 Å². The highest BCUT2D eigenvalue weighted by molar-refractivity contribution is 5.25. The number of benzene rings is 1. The number of aliphatic hydroxyl groups is 1. The van der Waals surface area contributed by atoms with Gasteiger partial charge in [-0.1, -0.05) is 26.0 Å². The fraction of sp³-hybridized carbons (Fsp3) is 0.500. The van der Waals surface area contributed by atoms with Crippen LogP contribution in [0.25, 0.3) is 0 Å². The van der Waals surface area contributed by atoms with Crippen LogP contribution in [-0.4, -0.2) is 22.9 Å². The Bertz CT molecular complexity index is 282. The summed E-state index contributed by atoms with van der Waals surface area (Å²) in [5.74, 6) is 0.554. The van der Waals surface area contributed by atoms with Crippen LogP contribution in [0, 0.1) is 5.92 Å². The number of rotatable bonds is 5. The summed E-state index contributed by atoms with van der Waals surface area (Å²) in [6, 6.07) is 7.06. The SMILES string of the molecule is CC(C)C(O)CNCc1ccc(O)cc1. The Balaban J connectivity index is 2.29. The summed E-state index contributed by atoms with van der Waals surface area (Å²) in [7, 11) is 0. The molecule has 1 unspecified atom stereocenters. The lowest BCUT2D eigenvalue weighted by Gasteiger charge is -2.15. The first-order valence-corrected chi connectivity index (χ1v) is 5.26. The number of phenolic OH excluding ortho intramolecular Hbond substituents is 1. The Morgan fingerprint density at radius 1 is 1.20 bits per heavy atom. The lowest BCUT2D eigenvalue weighted by Crippen LogP contribution is -2.30. The van der Waals surface area contributed by atoms with Crippen LogP contribution < -0.4 is 5.32 Å². The molecule has 0 heterocycles. The van der Waals surface area contributed by atoms with Crippen molar-refractivity contribution in [2.45, 2.75) is 26.5 Å². The molecule has 1 aromatic carbocycles. The molecule has 0 aliphatic rings. The van der Waals surface area contributed by atoms with Gasteiger partial charge >= 0.3 is 0 Å². The topological polar surface area (TPSA) is 52.5 Å². The van der Waals surface area contributed by atoms with Crippen molar-refractivity contribution in [2.75, 3.05) is 6.54 Å². The molecule has 3 nitrogen and oxygen atoms in total. The molecule has 1 rings (SSSR count). The highest BCUT2D eigenvalue weighted by Gasteiger charge is 2.07. The second-order valence-electron chi connectivity index (χ2n) is 4.11. The molecule has 3 heteroatoms. The van der Waals surface area contributed by atoms with E-state index in [1.165, 1.54) is 0 Å². The summed E-state index contributed by atoms with van der Waals surface area (Å²) >= 11 is 0. The highest BCUT2D eigenvalue weighted by atomic mass is 16.3. The fourth-order valence-corrected chi connectivity index (χ4v) is 1.21. The summed E-state index contributed by atoms with van der Waals surface area (Å²) < 4.78 is 0. The zero-order valence-corrected chi connectivity index (χ0v) is 9.27. The predicted octanol–water partition coefficient (Wildman–Crippen LogP) is 1.50. The van der Waals surface area contributed by atoms with E-state index in [1.807, 2.05) is 26.0 Å². The number of hydrogen-bond acceptors (Lipinski definition) is 3. The van der Waals surface area contributed by atoms with E-state index in [0.717, 1.165) is 5.56 Å². The molecule has 84 valence electrons. The van der Waals surface area contributed by atoms with Gasteiger partial charge < -0.3 is 15.5 Å². The van der Waals surface area contributed by atoms with Crippen molar-refractivity contribution in [3.8, 4) is 5.75 Å². The molecular formula is C12H19NO2. The van der Waals surface area contributed by atoms with Crippen LogP contribution in [0.3, 0.4) is 0 Å². The third kappa shape index (κ3) is 4.32. The second kappa shape index (κ2) is 5.73. The number of aromatic hydroxyl groups is 1. The van der Waals surface area contributed by atoms with E-state index in [1.54, 1.807) is 12.1 Å². The summed E-state index contributed by atoms with van der Waals surface area (Å²) in [5.41, 5.74) is 1.10. The predicted molar refractivity (Wildman–Crippen MR) is 60.7 cm³/mol. The molecule has 0 aromatic heterocycles. The van der Waals surface area contributed by atoms with Crippen LogP contribution in [-0.2, 0) is 6.54 Å². The summed E-state index contributed by atoms with van der Waals surface area (Å²) in [5, 5.41) is 21.8. The van der Waals surface area contributed by atoms with Crippen molar-refractivity contribution in [1.82, 2.24) is 5.32 Å². The van der Waals surface area contributed by atoms with Gasteiger partial charge in [0.1, 0.15) is 5.75 Å². The third-order valence-electron chi connectivity index (χ3n) is 2.39. The minimum atomic E-state index is -0.304. The summed E-state index contributed by atoms with van der Waals surface area (Å²) in [4.78, 5) is 0. The Morgan fingerprint density at radius 3 is 2.33 bits per heavy atom. The third-order valence-corrected chi connectivity index (χ3v) is 2.39. The number of phenols is 1. The van der Waals surface area contributed by atoms with E-state index < -0.39 is 0 Å². The van der Waals surface area contributed by atoms with Crippen molar-refractivity contribution < 1.29 is 10.2 Å². The van der Waals surface area contributed by atoms with Crippen LogP contribution in [0.5, 0.6) is 5.75 Å². The second-order valence-corrected chi connectivity index (χ2v) is 4.11. The molecule has 0 saturated heterocycles. The van der Waals surface area contributed by atoms with Gasteiger partial charge in [-0.3, -0.25) is 0 Å². The lowest BCUT2D eigenvalue weighted by molar-refractivity contribution is 0.123. The van der Waals surface area contributed by atoms with Crippen LogP contribution >= 0.6 is 0 Å².